The zero-order valence-electron chi connectivity index (χ0n) is 22.2. The topological polar surface area (TPSA) is 52.6 Å². The minimum Gasteiger partial charge on any atom is -0.485 e. The van der Waals surface area contributed by atoms with Crippen LogP contribution in [0.25, 0.3) is 11.1 Å². The van der Waals surface area contributed by atoms with Gasteiger partial charge in [-0.3, -0.25) is 9.59 Å². The third kappa shape index (κ3) is 4.70. The van der Waals surface area contributed by atoms with Crippen molar-refractivity contribution in [2.45, 2.75) is 19.3 Å². The Bertz CT molecular complexity index is 1450. The van der Waals surface area contributed by atoms with Gasteiger partial charge in [0.25, 0.3) is 0 Å². The van der Waals surface area contributed by atoms with Crippen LogP contribution in [0, 0.1) is 0 Å². The summed E-state index contributed by atoms with van der Waals surface area (Å²) in [6.45, 7) is 10.7. The summed E-state index contributed by atoms with van der Waals surface area (Å²) >= 11 is 0. The summed E-state index contributed by atoms with van der Waals surface area (Å²) in [7, 11) is 0. The number of ether oxygens (including phenoxy) is 2. The molecule has 4 heteroatoms. The number of Topliss-reactive ketones (excluding diaryl/α,β-unsaturated/α-hetero) is 2. The van der Waals surface area contributed by atoms with Gasteiger partial charge in [-0.2, -0.15) is 0 Å². The standard InChI is InChI=1S/C35H30O4/c1-23(2)33(36)21-38-27-17-13-25(14-18-27)35(26-15-19-28(20-16-26)39-22-34(37)24(3)4)31-11-7-5-9-29(31)30-10-6-8-12-32(30)35/h5-20H,1,3,21-22H2,2,4H3. The van der Waals surface area contributed by atoms with Crippen LogP contribution in [0.4, 0.5) is 0 Å². The average molecular weight is 515 g/mol. The number of hydrogen-bond donors (Lipinski definition) is 0. The van der Waals surface area contributed by atoms with Crippen LogP contribution in [-0.2, 0) is 15.0 Å². The molecule has 0 amide bonds. The summed E-state index contributed by atoms with van der Waals surface area (Å²) in [5, 5.41) is 0. The summed E-state index contributed by atoms with van der Waals surface area (Å²) < 4.78 is 11.5. The van der Waals surface area contributed by atoms with Gasteiger partial charge in [0, 0.05) is 0 Å². The first-order chi connectivity index (χ1) is 18.8. The van der Waals surface area contributed by atoms with Crippen molar-refractivity contribution in [3.05, 3.63) is 144 Å². The lowest BCUT2D eigenvalue weighted by molar-refractivity contribution is -0.118. The Labute approximate surface area is 229 Å². The third-order valence-corrected chi connectivity index (χ3v) is 7.22. The SMILES string of the molecule is C=C(C)C(=O)COc1ccc(C2(c3ccc(OCC(=O)C(=C)C)cc3)c3ccccc3-c3ccccc32)cc1. The Balaban J connectivity index is 1.60. The van der Waals surface area contributed by atoms with Gasteiger partial charge in [-0.05, 0) is 82.6 Å². The number of rotatable bonds is 10. The van der Waals surface area contributed by atoms with Crippen molar-refractivity contribution < 1.29 is 19.1 Å². The van der Waals surface area contributed by atoms with E-state index in [1.165, 1.54) is 22.3 Å². The molecule has 0 heterocycles. The van der Waals surface area contributed by atoms with Gasteiger partial charge in [0.2, 0.25) is 0 Å². The summed E-state index contributed by atoms with van der Waals surface area (Å²) in [4.78, 5) is 24.0. The quantitative estimate of drug-likeness (QED) is 0.187. The molecule has 0 N–H and O–H groups in total. The molecule has 194 valence electrons. The van der Waals surface area contributed by atoms with E-state index < -0.39 is 5.41 Å². The van der Waals surface area contributed by atoms with E-state index >= 15 is 0 Å². The van der Waals surface area contributed by atoms with Gasteiger partial charge in [0.1, 0.15) is 11.5 Å². The highest BCUT2D eigenvalue weighted by molar-refractivity contribution is 5.95. The van der Waals surface area contributed by atoms with Crippen LogP contribution in [0.15, 0.2) is 121 Å². The number of benzene rings is 4. The minimum absolute atomic E-state index is 0.0408. The molecule has 0 bridgehead atoms. The number of ketones is 2. The van der Waals surface area contributed by atoms with E-state index in [9.17, 15) is 9.59 Å². The Morgan fingerprint density at radius 3 is 1.31 bits per heavy atom. The monoisotopic (exact) mass is 514 g/mol. The summed E-state index contributed by atoms with van der Waals surface area (Å²) in [5.41, 5.74) is 7.26. The van der Waals surface area contributed by atoms with Gasteiger partial charge >= 0.3 is 0 Å². The molecule has 4 aromatic rings. The van der Waals surface area contributed by atoms with E-state index in [4.69, 9.17) is 9.47 Å². The molecule has 4 aromatic carbocycles. The maximum atomic E-state index is 12.0. The van der Waals surface area contributed by atoms with Crippen LogP contribution in [0.1, 0.15) is 36.1 Å². The average Bonchev–Trinajstić information content (AvgIpc) is 3.26. The fourth-order valence-corrected chi connectivity index (χ4v) is 5.17. The van der Waals surface area contributed by atoms with Gasteiger partial charge < -0.3 is 9.47 Å². The molecule has 0 unspecified atom stereocenters. The Morgan fingerprint density at radius 1 is 0.590 bits per heavy atom. The molecule has 0 aliphatic heterocycles. The van der Waals surface area contributed by atoms with Crippen molar-refractivity contribution >= 4 is 11.6 Å². The Kier molecular flexibility index (Phi) is 7.03. The normalized spacial score (nSPS) is 12.7. The lowest BCUT2D eigenvalue weighted by Crippen LogP contribution is -2.28. The van der Waals surface area contributed by atoms with E-state index in [0.29, 0.717) is 22.6 Å². The van der Waals surface area contributed by atoms with Crippen LogP contribution >= 0.6 is 0 Å². The molecule has 0 saturated carbocycles. The highest BCUT2D eigenvalue weighted by Gasteiger charge is 2.45. The molecule has 0 radical (unpaired) electrons. The zero-order valence-corrected chi connectivity index (χ0v) is 22.2. The molecule has 0 atom stereocenters. The summed E-state index contributed by atoms with van der Waals surface area (Å²) in [6.07, 6.45) is 0. The second-order valence-corrected chi connectivity index (χ2v) is 9.87. The number of fused-ring (bicyclic) bond motifs is 3. The molecule has 0 aromatic heterocycles. The number of carbonyl (C=O) groups excluding carboxylic acids is 2. The van der Waals surface area contributed by atoms with Crippen molar-refractivity contribution in [2.24, 2.45) is 0 Å². The Morgan fingerprint density at radius 2 is 0.949 bits per heavy atom. The van der Waals surface area contributed by atoms with Crippen molar-refractivity contribution in [3.63, 3.8) is 0 Å². The predicted molar refractivity (Wildman–Crippen MR) is 154 cm³/mol. The van der Waals surface area contributed by atoms with E-state index in [-0.39, 0.29) is 24.8 Å². The second kappa shape index (κ2) is 10.6. The fraction of sp³-hybridized carbons (Fsp3) is 0.143. The molecular formula is C35H30O4. The van der Waals surface area contributed by atoms with E-state index in [1.54, 1.807) is 13.8 Å². The molecule has 0 fully saturated rings. The van der Waals surface area contributed by atoms with Gasteiger partial charge in [0.15, 0.2) is 24.8 Å². The second-order valence-electron chi connectivity index (χ2n) is 9.87. The predicted octanol–water partition coefficient (Wildman–Crippen LogP) is 7.10. The van der Waals surface area contributed by atoms with Gasteiger partial charge in [-0.25, -0.2) is 0 Å². The molecular weight excluding hydrogens is 484 g/mol. The van der Waals surface area contributed by atoms with Crippen LogP contribution in [0.3, 0.4) is 0 Å². The zero-order chi connectivity index (χ0) is 27.6. The van der Waals surface area contributed by atoms with Crippen molar-refractivity contribution in [2.75, 3.05) is 13.2 Å². The van der Waals surface area contributed by atoms with Gasteiger partial charge in [-0.15, -0.1) is 0 Å². The summed E-state index contributed by atoms with van der Waals surface area (Å²) in [6, 6.07) is 32.9. The maximum Gasteiger partial charge on any atom is 0.195 e. The molecule has 5 rings (SSSR count). The van der Waals surface area contributed by atoms with Gasteiger partial charge in [-0.1, -0.05) is 86.0 Å². The van der Waals surface area contributed by atoms with Crippen molar-refractivity contribution in [3.8, 4) is 22.6 Å². The first kappa shape index (κ1) is 25.9. The first-order valence-corrected chi connectivity index (χ1v) is 12.9. The van der Waals surface area contributed by atoms with Gasteiger partial charge in [0.05, 0.1) is 5.41 Å². The lowest BCUT2D eigenvalue weighted by Gasteiger charge is -2.34. The van der Waals surface area contributed by atoms with Crippen LogP contribution < -0.4 is 9.47 Å². The smallest absolute Gasteiger partial charge is 0.195 e. The van der Waals surface area contributed by atoms with E-state index in [1.807, 2.05) is 24.3 Å². The molecule has 1 aliphatic rings. The third-order valence-electron chi connectivity index (χ3n) is 7.22. The highest BCUT2D eigenvalue weighted by Crippen LogP contribution is 2.56. The molecule has 4 nitrogen and oxygen atoms in total. The lowest BCUT2D eigenvalue weighted by atomic mass is 9.68. The van der Waals surface area contributed by atoms with Crippen LogP contribution in [0.2, 0.25) is 0 Å². The van der Waals surface area contributed by atoms with Crippen molar-refractivity contribution in [1.29, 1.82) is 0 Å². The molecule has 0 spiro atoms. The minimum atomic E-state index is -0.578. The van der Waals surface area contributed by atoms with Crippen molar-refractivity contribution in [1.82, 2.24) is 0 Å². The first-order valence-electron chi connectivity index (χ1n) is 12.9. The summed E-state index contributed by atoms with van der Waals surface area (Å²) in [5.74, 6) is 0.992. The van der Waals surface area contributed by atoms with E-state index in [2.05, 4.69) is 86.0 Å². The van der Waals surface area contributed by atoms with Crippen LogP contribution in [0.5, 0.6) is 11.5 Å². The Hall–Kier alpha value is -4.70. The molecule has 39 heavy (non-hydrogen) atoms. The largest absolute Gasteiger partial charge is 0.485 e. The number of carbonyl (C=O) groups is 2. The number of hydrogen-bond acceptors (Lipinski definition) is 4. The maximum absolute atomic E-state index is 12.0. The molecule has 1 aliphatic carbocycles. The van der Waals surface area contributed by atoms with Crippen LogP contribution in [-0.4, -0.2) is 24.8 Å². The molecule has 0 saturated heterocycles. The van der Waals surface area contributed by atoms with E-state index in [0.717, 1.165) is 11.1 Å². The fourth-order valence-electron chi connectivity index (χ4n) is 5.17. The highest BCUT2D eigenvalue weighted by atomic mass is 16.5.